The second kappa shape index (κ2) is 8.14. The van der Waals surface area contributed by atoms with E-state index >= 15 is 0 Å². The van der Waals surface area contributed by atoms with Crippen molar-refractivity contribution in [1.82, 2.24) is 4.98 Å². The molecule has 4 rings (SSSR count). The van der Waals surface area contributed by atoms with Gasteiger partial charge >= 0.3 is 0 Å². The highest BCUT2D eigenvalue weighted by Crippen LogP contribution is 2.29. The first-order valence-corrected chi connectivity index (χ1v) is 9.20. The van der Waals surface area contributed by atoms with Gasteiger partial charge in [-0.25, -0.2) is 0 Å². The minimum atomic E-state index is 0.459. The lowest BCUT2D eigenvalue weighted by molar-refractivity contribution is 0.391. The summed E-state index contributed by atoms with van der Waals surface area (Å²) in [5.74, 6) is 2.31. The summed E-state index contributed by atoms with van der Waals surface area (Å²) in [6.45, 7) is 0.517. The molecule has 0 saturated heterocycles. The van der Waals surface area contributed by atoms with E-state index in [2.05, 4.69) is 10.3 Å². The standard InChI is InChI=1S/C23H22N2O4/c1-26-18-6-4-5-15(11-18)16-8-10-21-20(12-16)25-23(29-21)24-14-17-7-9-19(27-2)13-22(17)28-3/h4-13H,14H2,1-3H3,(H,24,25). The maximum atomic E-state index is 5.83. The number of benzene rings is 3. The molecule has 1 N–H and O–H groups in total. The molecule has 6 nitrogen and oxygen atoms in total. The fourth-order valence-corrected chi connectivity index (χ4v) is 3.15. The third-order valence-electron chi connectivity index (χ3n) is 4.71. The van der Waals surface area contributed by atoms with Gasteiger partial charge < -0.3 is 23.9 Å². The van der Waals surface area contributed by atoms with Gasteiger partial charge in [-0.1, -0.05) is 18.2 Å². The Morgan fingerprint density at radius 2 is 1.62 bits per heavy atom. The number of rotatable bonds is 7. The molecular weight excluding hydrogens is 368 g/mol. The van der Waals surface area contributed by atoms with Crippen molar-refractivity contribution in [2.24, 2.45) is 0 Å². The molecule has 1 heterocycles. The molecule has 0 saturated carbocycles. The largest absolute Gasteiger partial charge is 0.497 e. The van der Waals surface area contributed by atoms with Crippen molar-refractivity contribution in [2.45, 2.75) is 6.54 Å². The highest BCUT2D eigenvalue weighted by atomic mass is 16.5. The van der Waals surface area contributed by atoms with Crippen LogP contribution in [-0.4, -0.2) is 26.3 Å². The van der Waals surface area contributed by atoms with Crippen LogP contribution in [0.4, 0.5) is 6.01 Å². The third kappa shape index (κ3) is 3.96. The molecule has 29 heavy (non-hydrogen) atoms. The molecule has 0 radical (unpaired) electrons. The normalized spacial score (nSPS) is 10.7. The highest BCUT2D eigenvalue weighted by Gasteiger charge is 2.10. The van der Waals surface area contributed by atoms with Gasteiger partial charge in [0.1, 0.15) is 22.8 Å². The molecule has 0 aliphatic rings. The fraction of sp³-hybridized carbons (Fsp3) is 0.174. The summed E-state index contributed by atoms with van der Waals surface area (Å²) in [5, 5.41) is 3.22. The van der Waals surface area contributed by atoms with E-state index in [4.69, 9.17) is 18.6 Å². The summed E-state index contributed by atoms with van der Waals surface area (Å²) >= 11 is 0. The lowest BCUT2D eigenvalue weighted by atomic mass is 10.1. The number of anilines is 1. The smallest absolute Gasteiger partial charge is 0.295 e. The van der Waals surface area contributed by atoms with E-state index in [-0.39, 0.29) is 0 Å². The van der Waals surface area contributed by atoms with Crippen molar-refractivity contribution in [2.75, 3.05) is 26.6 Å². The van der Waals surface area contributed by atoms with Gasteiger partial charge in [0.05, 0.1) is 21.3 Å². The van der Waals surface area contributed by atoms with E-state index in [1.807, 2.05) is 60.7 Å². The van der Waals surface area contributed by atoms with Crippen LogP contribution >= 0.6 is 0 Å². The van der Waals surface area contributed by atoms with Gasteiger partial charge in [0.2, 0.25) is 0 Å². The number of nitrogens with zero attached hydrogens (tertiary/aromatic N) is 1. The van der Waals surface area contributed by atoms with Crippen molar-refractivity contribution >= 4 is 17.1 Å². The Kier molecular flexibility index (Phi) is 5.24. The molecule has 148 valence electrons. The van der Waals surface area contributed by atoms with E-state index in [0.717, 1.165) is 45.0 Å². The molecule has 0 fully saturated rings. The van der Waals surface area contributed by atoms with Crippen LogP contribution < -0.4 is 19.5 Å². The maximum absolute atomic E-state index is 5.83. The zero-order valence-electron chi connectivity index (χ0n) is 16.6. The predicted octanol–water partition coefficient (Wildman–Crippen LogP) is 5.13. The van der Waals surface area contributed by atoms with Crippen LogP contribution in [0.25, 0.3) is 22.2 Å². The van der Waals surface area contributed by atoms with Crippen molar-refractivity contribution in [3.8, 4) is 28.4 Å². The quantitative estimate of drug-likeness (QED) is 0.472. The molecule has 6 heteroatoms. The molecule has 4 aromatic rings. The summed E-state index contributed by atoms with van der Waals surface area (Å²) in [6, 6.07) is 20.0. The van der Waals surface area contributed by atoms with Crippen molar-refractivity contribution in [3.63, 3.8) is 0 Å². The minimum Gasteiger partial charge on any atom is -0.497 e. The molecule has 0 aliphatic carbocycles. The number of ether oxygens (including phenoxy) is 3. The second-order valence-corrected chi connectivity index (χ2v) is 6.46. The van der Waals surface area contributed by atoms with Crippen molar-refractivity contribution in [1.29, 1.82) is 0 Å². The summed E-state index contributed by atoms with van der Waals surface area (Å²) in [5.41, 5.74) is 4.60. The average Bonchev–Trinajstić information content (AvgIpc) is 3.19. The maximum Gasteiger partial charge on any atom is 0.295 e. The second-order valence-electron chi connectivity index (χ2n) is 6.46. The summed E-state index contributed by atoms with van der Waals surface area (Å²) < 4.78 is 21.8. The van der Waals surface area contributed by atoms with E-state index in [1.54, 1.807) is 21.3 Å². The molecule has 0 unspecified atom stereocenters. The van der Waals surface area contributed by atoms with Gasteiger partial charge in [0.15, 0.2) is 5.58 Å². The number of aromatic nitrogens is 1. The molecule has 1 aromatic heterocycles. The van der Waals surface area contributed by atoms with Crippen LogP contribution in [0.1, 0.15) is 5.56 Å². The summed E-state index contributed by atoms with van der Waals surface area (Å²) in [4.78, 5) is 4.57. The lowest BCUT2D eigenvalue weighted by Gasteiger charge is -2.10. The molecule has 0 spiro atoms. The Hall–Kier alpha value is -3.67. The molecule has 0 amide bonds. The van der Waals surface area contributed by atoms with Crippen LogP contribution in [0.3, 0.4) is 0 Å². The molecule has 0 aliphatic heterocycles. The first-order valence-electron chi connectivity index (χ1n) is 9.20. The number of hydrogen-bond donors (Lipinski definition) is 1. The van der Waals surface area contributed by atoms with E-state index in [9.17, 15) is 0 Å². The lowest BCUT2D eigenvalue weighted by Crippen LogP contribution is -2.02. The molecule has 0 bridgehead atoms. The van der Waals surface area contributed by atoms with Gasteiger partial charge in [-0.05, 0) is 47.5 Å². The SMILES string of the molecule is COc1cccc(-c2ccc3oc(NCc4ccc(OC)cc4OC)nc3c2)c1. The number of nitrogens with one attached hydrogen (secondary N) is 1. The van der Waals surface area contributed by atoms with Crippen LogP contribution in [0.2, 0.25) is 0 Å². The molecule has 3 aromatic carbocycles. The van der Waals surface area contributed by atoms with Crippen LogP contribution in [0.15, 0.2) is 65.1 Å². The molecular formula is C23H22N2O4. The van der Waals surface area contributed by atoms with E-state index in [1.165, 1.54) is 0 Å². The van der Waals surface area contributed by atoms with Crippen molar-refractivity contribution in [3.05, 3.63) is 66.2 Å². The summed E-state index contributed by atoms with van der Waals surface area (Å²) in [7, 11) is 4.93. The number of oxazole rings is 1. The monoisotopic (exact) mass is 390 g/mol. The Balaban J connectivity index is 1.55. The van der Waals surface area contributed by atoms with Gasteiger partial charge in [-0.15, -0.1) is 0 Å². The van der Waals surface area contributed by atoms with Crippen molar-refractivity contribution < 1.29 is 18.6 Å². The highest BCUT2D eigenvalue weighted by molar-refractivity contribution is 5.81. The zero-order valence-corrected chi connectivity index (χ0v) is 16.6. The summed E-state index contributed by atoms with van der Waals surface area (Å²) in [6.07, 6.45) is 0. The Labute approximate surface area is 169 Å². The average molecular weight is 390 g/mol. The Bertz CT molecular complexity index is 1140. The van der Waals surface area contributed by atoms with Crippen LogP contribution in [0.5, 0.6) is 17.2 Å². The van der Waals surface area contributed by atoms with Gasteiger partial charge in [-0.2, -0.15) is 4.98 Å². The van der Waals surface area contributed by atoms with Gasteiger partial charge in [0.25, 0.3) is 6.01 Å². The Morgan fingerprint density at radius 1 is 0.828 bits per heavy atom. The van der Waals surface area contributed by atoms with Gasteiger partial charge in [0, 0.05) is 18.2 Å². The first kappa shape index (κ1) is 18.7. The van der Waals surface area contributed by atoms with E-state index in [0.29, 0.717) is 12.6 Å². The van der Waals surface area contributed by atoms with Crippen LogP contribution in [-0.2, 0) is 6.54 Å². The fourth-order valence-electron chi connectivity index (χ4n) is 3.15. The zero-order chi connectivity index (χ0) is 20.2. The van der Waals surface area contributed by atoms with Crippen LogP contribution in [0, 0.1) is 0 Å². The topological polar surface area (TPSA) is 65.8 Å². The molecule has 0 atom stereocenters. The predicted molar refractivity (Wildman–Crippen MR) is 113 cm³/mol. The number of fused-ring (bicyclic) bond motifs is 1. The number of methoxy groups -OCH3 is 3. The number of hydrogen-bond acceptors (Lipinski definition) is 6. The third-order valence-corrected chi connectivity index (χ3v) is 4.71. The first-order chi connectivity index (χ1) is 14.2. The Morgan fingerprint density at radius 3 is 2.41 bits per heavy atom. The van der Waals surface area contributed by atoms with Gasteiger partial charge in [-0.3, -0.25) is 0 Å². The minimum absolute atomic E-state index is 0.459. The van der Waals surface area contributed by atoms with E-state index < -0.39 is 0 Å².